The molecule has 0 rings (SSSR count). The molecule has 0 aromatic rings. The largest absolute Gasteiger partial charge is 0.314 e. The third-order valence-corrected chi connectivity index (χ3v) is 3.13. The fraction of sp³-hybridized carbons (Fsp3) is 1.00. The second-order valence-corrected chi connectivity index (χ2v) is 4.53. The molecule has 4 nitrogen and oxygen atoms in total. The van der Waals surface area contributed by atoms with Crippen molar-refractivity contribution < 1.29 is 8.42 Å². The maximum absolute atomic E-state index is 11.0. The molecule has 0 aromatic heterocycles. The second-order valence-electron chi connectivity index (χ2n) is 2.43. The van der Waals surface area contributed by atoms with Crippen LogP contribution in [0.5, 0.6) is 0 Å². The molecule has 0 aromatic carbocycles. The summed E-state index contributed by atoms with van der Waals surface area (Å²) >= 11 is 0. The van der Waals surface area contributed by atoms with Gasteiger partial charge >= 0.3 is 0 Å². The predicted molar refractivity (Wildman–Crippen MR) is 45.5 cm³/mol. The number of rotatable bonds is 5. The quantitative estimate of drug-likeness (QED) is 0.626. The van der Waals surface area contributed by atoms with E-state index in [0.29, 0.717) is 6.42 Å². The van der Waals surface area contributed by atoms with E-state index in [-0.39, 0.29) is 0 Å². The molecular weight excluding hydrogens is 164 g/mol. The van der Waals surface area contributed by atoms with Crippen LogP contribution in [0.2, 0.25) is 0 Å². The summed E-state index contributed by atoms with van der Waals surface area (Å²) in [6.07, 6.45) is 2.34. The van der Waals surface area contributed by atoms with E-state index in [0.717, 1.165) is 12.8 Å². The lowest BCUT2D eigenvalue weighted by Crippen LogP contribution is -2.38. The molecule has 0 saturated heterocycles. The summed E-state index contributed by atoms with van der Waals surface area (Å²) < 4.78 is 24.1. The van der Waals surface area contributed by atoms with Crippen molar-refractivity contribution in [2.45, 2.75) is 31.6 Å². The summed E-state index contributed by atoms with van der Waals surface area (Å²) in [5.41, 5.74) is 5.40. The Morgan fingerprint density at radius 3 is 2.45 bits per heavy atom. The normalized spacial score (nSPS) is 14.8. The van der Waals surface area contributed by atoms with E-state index in [1.54, 1.807) is 0 Å². The Balaban J connectivity index is 3.93. The van der Waals surface area contributed by atoms with Crippen molar-refractivity contribution in [1.82, 2.24) is 4.72 Å². The standard InChI is InChI=1S/C6H16N2O2S/c1-3-4-5-6(7)11(9,10)8-2/h6,8H,3-5,7H2,1-2H3. The first-order valence-corrected chi connectivity index (χ1v) is 5.27. The molecule has 0 amide bonds. The van der Waals surface area contributed by atoms with E-state index in [4.69, 9.17) is 5.73 Å². The van der Waals surface area contributed by atoms with Crippen LogP contribution in [0, 0.1) is 0 Å². The first-order chi connectivity index (χ1) is 5.04. The van der Waals surface area contributed by atoms with Crippen molar-refractivity contribution in [3.63, 3.8) is 0 Å². The Morgan fingerprint density at radius 1 is 1.55 bits per heavy atom. The zero-order valence-electron chi connectivity index (χ0n) is 7.00. The van der Waals surface area contributed by atoms with Gasteiger partial charge in [-0.15, -0.1) is 0 Å². The summed E-state index contributed by atoms with van der Waals surface area (Å²) in [7, 11) is -1.87. The minimum Gasteiger partial charge on any atom is -0.314 e. The molecule has 5 heteroatoms. The zero-order chi connectivity index (χ0) is 8.91. The van der Waals surface area contributed by atoms with Crippen LogP contribution in [0.25, 0.3) is 0 Å². The summed E-state index contributed by atoms with van der Waals surface area (Å²) in [6, 6.07) is 0. The van der Waals surface area contributed by atoms with E-state index in [1.807, 2.05) is 6.92 Å². The van der Waals surface area contributed by atoms with Gasteiger partial charge < -0.3 is 5.73 Å². The van der Waals surface area contributed by atoms with Crippen LogP contribution >= 0.6 is 0 Å². The second kappa shape index (κ2) is 4.69. The molecule has 0 saturated carbocycles. The van der Waals surface area contributed by atoms with Crippen LogP contribution in [-0.4, -0.2) is 20.8 Å². The van der Waals surface area contributed by atoms with Gasteiger partial charge in [0.1, 0.15) is 5.37 Å². The van der Waals surface area contributed by atoms with Gasteiger partial charge in [0, 0.05) is 0 Å². The lowest BCUT2D eigenvalue weighted by molar-refractivity contribution is 0.559. The highest BCUT2D eigenvalue weighted by molar-refractivity contribution is 7.90. The van der Waals surface area contributed by atoms with Crippen molar-refractivity contribution in [1.29, 1.82) is 0 Å². The van der Waals surface area contributed by atoms with Crippen molar-refractivity contribution in [3.8, 4) is 0 Å². The van der Waals surface area contributed by atoms with E-state index < -0.39 is 15.4 Å². The highest BCUT2D eigenvalue weighted by Gasteiger charge is 2.17. The van der Waals surface area contributed by atoms with Gasteiger partial charge in [-0.1, -0.05) is 19.8 Å². The van der Waals surface area contributed by atoms with Gasteiger partial charge in [0.25, 0.3) is 0 Å². The summed E-state index contributed by atoms with van der Waals surface area (Å²) in [5.74, 6) is 0. The van der Waals surface area contributed by atoms with Gasteiger partial charge in [0.15, 0.2) is 0 Å². The maximum atomic E-state index is 11.0. The fourth-order valence-electron chi connectivity index (χ4n) is 0.712. The Labute approximate surface area is 68.2 Å². The molecule has 1 unspecified atom stereocenters. The first-order valence-electron chi connectivity index (χ1n) is 3.72. The number of hydrogen-bond donors (Lipinski definition) is 2. The number of unbranched alkanes of at least 4 members (excludes halogenated alkanes) is 1. The highest BCUT2D eigenvalue weighted by atomic mass is 32.2. The molecule has 0 fully saturated rings. The topological polar surface area (TPSA) is 72.2 Å². The first kappa shape index (κ1) is 10.9. The minimum atomic E-state index is -3.24. The molecule has 3 N–H and O–H groups in total. The molecule has 0 spiro atoms. The number of sulfonamides is 1. The van der Waals surface area contributed by atoms with Crippen molar-refractivity contribution >= 4 is 10.0 Å². The molecule has 0 bridgehead atoms. The average Bonchev–Trinajstić information content (AvgIpc) is 2.00. The SMILES string of the molecule is CCCCC(N)S(=O)(=O)NC. The Morgan fingerprint density at radius 2 is 2.09 bits per heavy atom. The van der Waals surface area contributed by atoms with Crippen molar-refractivity contribution in [2.75, 3.05) is 7.05 Å². The number of nitrogens with one attached hydrogen (secondary N) is 1. The number of nitrogens with two attached hydrogens (primary N) is 1. The average molecular weight is 180 g/mol. The Hall–Kier alpha value is -0.130. The van der Waals surface area contributed by atoms with Gasteiger partial charge in [0.2, 0.25) is 10.0 Å². The molecule has 0 aliphatic heterocycles. The van der Waals surface area contributed by atoms with E-state index in [2.05, 4.69) is 4.72 Å². The number of hydrogen-bond acceptors (Lipinski definition) is 3. The van der Waals surface area contributed by atoms with Crippen molar-refractivity contribution in [3.05, 3.63) is 0 Å². The molecule has 0 radical (unpaired) electrons. The Bertz CT molecular complexity index is 189. The molecule has 0 aliphatic carbocycles. The van der Waals surface area contributed by atoms with Crippen LogP contribution in [0.4, 0.5) is 0 Å². The molecular formula is C6H16N2O2S. The molecule has 0 heterocycles. The summed E-state index contributed by atoms with van der Waals surface area (Å²) in [5, 5.41) is -0.757. The van der Waals surface area contributed by atoms with Gasteiger partial charge in [-0.05, 0) is 13.5 Å². The third kappa shape index (κ3) is 3.69. The van der Waals surface area contributed by atoms with Gasteiger partial charge in [-0.2, -0.15) is 0 Å². The van der Waals surface area contributed by atoms with Gasteiger partial charge in [-0.3, -0.25) is 0 Å². The van der Waals surface area contributed by atoms with E-state index in [1.165, 1.54) is 7.05 Å². The van der Waals surface area contributed by atoms with E-state index in [9.17, 15) is 8.42 Å². The molecule has 68 valence electrons. The van der Waals surface area contributed by atoms with Crippen molar-refractivity contribution in [2.24, 2.45) is 5.73 Å². The maximum Gasteiger partial charge on any atom is 0.227 e. The molecule has 1 atom stereocenters. The fourth-order valence-corrected chi connectivity index (χ4v) is 1.49. The molecule has 0 aliphatic rings. The van der Waals surface area contributed by atoms with Crippen LogP contribution in [0.15, 0.2) is 0 Å². The Kier molecular flexibility index (Phi) is 4.63. The summed E-state index contributed by atoms with van der Waals surface area (Å²) in [4.78, 5) is 0. The minimum absolute atomic E-state index is 0.527. The van der Waals surface area contributed by atoms with Crippen LogP contribution in [-0.2, 0) is 10.0 Å². The van der Waals surface area contributed by atoms with Crippen LogP contribution < -0.4 is 10.5 Å². The lowest BCUT2D eigenvalue weighted by atomic mass is 10.2. The smallest absolute Gasteiger partial charge is 0.227 e. The highest BCUT2D eigenvalue weighted by Crippen LogP contribution is 2.02. The van der Waals surface area contributed by atoms with Crippen LogP contribution in [0.3, 0.4) is 0 Å². The molecule has 11 heavy (non-hydrogen) atoms. The van der Waals surface area contributed by atoms with Crippen LogP contribution in [0.1, 0.15) is 26.2 Å². The third-order valence-electron chi connectivity index (χ3n) is 1.53. The lowest BCUT2D eigenvalue weighted by Gasteiger charge is -2.10. The van der Waals surface area contributed by atoms with Gasteiger partial charge in [-0.25, -0.2) is 13.1 Å². The van der Waals surface area contributed by atoms with Gasteiger partial charge in [0.05, 0.1) is 0 Å². The summed E-state index contributed by atoms with van der Waals surface area (Å²) in [6.45, 7) is 2.00. The predicted octanol–water partition coefficient (Wildman–Crippen LogP) is 0.0106. The zero-order valence-corrected chi connectivity index (χ0v) is 7.82. The monoisotopic (exact) mass is 180 g/mol. The van der Waals surface area contributed by atoms with E-state index >= 15 is 0 Å².